The monoisotopic (exact) mass is 196 g/mol. The molecule has 0 spiro atoms. The van der Waals surface area contributed by atoms with Crippen molar-refractivity contribution in [3.8, 4) is 0 Å². The van der Waals surface area contributed by atoms with E-state index in [2.05, 4.69) is 33.8 Å². The molecule has 0 aromatic carbocycles. The average molecular weight is 196 g/mol. The number of rotatable bonds is 3. The molecule has 82 valence electrons. The third kappa shape index (κ3) is 2.38. The Hall–Kier alpha value is -0.300. The molecule has 1 rings (SSSR count). The molecular weight excluding hydrogens is 172 g/mol. The second kappa shape index (κ2) is 4.48. The van der Waals surface area contributed by atoms with E-state index in [-0.39, 0.29) is 11.5 Å². The standard InChI is InChI=1S/C13H24O/c1-5-12(14)13(3,4)11-8-6-10(2)7-9-11/h6,11-12,14H,5,7-9H2,1-4H3. The van der Waals surface area contributed by atoms with Crippen LogP contribution in [0.4, 0.5) is 0 Å². The summed E-state index contributed by atoms with van der Waals surface area (Å²) >= 11 is 0. The zero-order valence-electron chi connectivity index (χ0n) is 10.0. The summed E-state index contributed by atoms with van der Waals surface area (Å²) in [6.45, 7) is 8.69. The van der Waals surface area contributed by atoms with Gasteiger partial charge in [0, 0.05) is 0 Å². The van der Waals surface area contributed by atoms with E-state index in [9.17, 15) is 5.11 Å². The number of hydrogen-bond acceptors (Lipinski definition) is 1. The summed E-state index contributed by atoms with van der Waals surface area (Å²) in [6.07, 6.45) is 6.66. The maximum atomic E-state index is 9.98. The molecule has 0 heterocycles. The van der Waals surface area contributed by atoms with Crippen LogP contribution in [0.15, 0.2) is 11.6 Å². The van der Waals surface area contributed by atoms with Crippen LogP contribution in [0.3, 0.4) is 0 Å². The summed E-state index contributed by atoms with van der Waals surface area (Å²) in [5.74, 6) is 0.654. The summed E-state index contributed by atoms with van der Waals surface area (Å²) in [6, 6.07) is 0. The summed E-state index contributed by atoms with van der Waals surface area (Å²) in [7, 11) is 0. The van der Waals surface area contributed by atoms with Gasteiger partial charge in [0.25, 0.3) is 0 Å². The average Bonchev–Trinajstić information content (AvgIpc) is 2.17. The van der Waals surface area contributed by atoms with Crippen molar-refractivity contribution in [3.05, 3.63) is 11.6 Å². The maximum absolute atomic E-state index is 9.98. The second-order valence-electron chi connectivity index (χ2n) is 5.27. The van der Waals surface area contributed by atoms with E-state index in [1.807, 2.05) is 0 Å². The molecular formula is C13H24O. The van der Waals surface area contributed by atoms with Gasteiger partial charge < -0.3 is 5.11 Å². The van der Waals surface area contributed by atoms with Crippen LogP contribution in [0.1, 0.15) is 53.4 Å². The van der Waals surface area contributed by atoms with Gasteiger partial charge >= 0.3 is 0 Å². The lowest BCUT2D eigenvalue weighted by Crippen LogP contribution is -2.37. The lowest BCUT2D eigenvalue weighted by atomic mass is 9.68. The predicted molar refractivity (Wildman–Crippen MR) is 61.2 cm³/mol. The molecule has 14 heavy (non-hydrogen) atoms. The third-order valence-electron chi connectivity index (χ3n) is 3.94. The Balaban J connectivity index is 2.65. The third-order valence-corrected chi connectivity index (χ3v) is 3.94. The van der Waals surface area contributed by atoms with Crippen molar-refractivity contribution in [2.75, 3.05) is 0 Å². The molecule has 0 aromatic heterocycles. The van der Waals surface area contributed by atoms with Crippen molar-refractivity contribution < 1.29 is 5.11 Å². The van der Waals surface area contributed by atoms with E-state index in [1.165, 1.54) is 18.4 Å². The van der Waals surface area contributed by atoms with Gasteiger partial charge in [0.1, 0.15) is 0 Å². The van der Waals surface area contributed by atoms with E-state index in [0.717, 1.165) is 12.8 Å². The van der Waals surface area contributed by atoms with E-state index in [4.69, 9.17) is 0 Å². The zero-order valence-corrected chi connectivity index (χ0v) is 10.0. The van der Waals surface area contributed by atoms with Gasteiger partial charge in [0.15, 0.2) is 0 Å². The Morgan fingerprint density at radius 2 is 2.21 bits per heavy atom. The van der Waals surface area contributed by atoms with Gasteiger partial charge in [0.2, 0.25) is 0 Å². The lowest BCUT2D eigenvalue weighted by Gasteiger charge is -2.39. The van der Waals surface area contributed by atoms with Crippen molar-refractivity contribution in [3.63, 3.8) is 0 Å². The molecule has 1 heteroatoms. The van der Waals surface area contributed by atoms with Crippen LogP contribution in [-0.2, 0) is 0 Å². The molecule has 2 atom stereocenters. The Labute approximate surface area is 88.2 Å². The van der Waals surface area contributed by atoms with Crippen LogP contribution in [0, 0.1) is 11.3 Å². The fraction of sp³-hybridized carbons (Fsp3) is 0.846. The summed E-state index contributed by atoms with van der Waals surface area (Å²) in [5, 5.41) is 9.98. The first-order valence-electron chi connectivity index (χ1n) is 5.82. The minimum atomic E-state index is -0.153. The Bertz CT molecular complexity index is 215. The van der Waals surface area contributed by atoms with E-state index in [0.29, 0.717) is 5.92 Å². The molecule has 1 nitrogen and oxygen atoms in total. The maximum Gasteiger partial charge on any atom is 0.0591 e. The smallest absolute Gasteiger partial charge is 0.0591 e. The number of aliphatic hydroxyl groups is 1. The lowest BCUT2D eigenvalue weighted by molar-refractivity contribution is 0.000202. The van der Waals surface area contributed by atoms with Crippen LogP contribution >= 0.6 is 0 Å². The highest BCUT2D eigenvalue weighted by Gasteiger charge is 2.35. The Kier molecular flexibility index (Phi) is 3.77. The highest BCUT2D eigenvalue weighted by atomic mass is 16.3. The molecule has 0 fully saturated rings. The summed E-state index contributed by atoms with van der Waals surface area (Å²) < 4.78 is 0. The fourth-order valence-corrected chi connectivity index (χ4v) is 2.44. The predicted octanol–water partition coefficient (Wildman–Crippen LogP) is 3.53. The quantitative estimate of drug-likeness (QED) is 0.685. The van der Waals surface area contributed by atoms with Gasteiger partial charge in [-0.05, 0) is 43.9 Å². The fourth-order valence-electron chi connectivity index (χ4n) is 2.44. The van der Waals surface area contributed by atoms with Gasteiger partial charge in [0.05, 0.1) is 6.10 Å². The summed E-state index contributed by atoms with van der Waals surface area (Å²) in [5.41, 5.74) is 1.59. The largest absolute Gasteiger partial charge is 0.393 e. The van der Waals surface area contributed by atoms with Gasteiger partial charge in [-0.25, -0.2) is 0 Å². The van der Waals surface area contributed by atoms with E-state index in [1.54, 1.807) is 0 Å². The number of aliphatic hydroxyl groups excluding tert-OH is 1. The molecule has 0 radical (unpaired) electrons. The van der Waals surface area contributed by atoms with Crippen LogP contribution < -0.4 is 0 Å². The van der Waals surface area contributed by atoms with Crippen LogP contribution in [0.25, 0.3) is 0 Å². The van der Waals surface area contributed by atoms with Crippen LogP contribution in [0.2, 0.25) is 0 Å². The molecule has 0 saturated heterocycles. The first-order valence-corrected chi connectivity index (χ1v) is 5.82. The SMILES string of the molecule is CCC(O)C(C)(C)C1CC=C(C)CC1. The minimum absolute atomic E-state index is 0.0753. The van der Waals surface area contributed by atoms with E-state index < -0.39 is 0 Å². The molecule has 1 aliphatic carbocycles. The molecule has 0 amide bonds. The normalized spacial score (nSPS) is 25.8. The number of hydrogen-bond donors (Lipinski definition) is 1. The van der Waals surface area contributed by atoms with Crippen molar-refractivity contribution in [2.45, 2.75) is 59.5 Å². The van der Waals surface area contributed by atoms with Gasteiger partial charge in [-0.3, -0.25) is 0 Å². The van der Waals surface area contributed by atoms with Crippen molar-refractivity contribution in [1.82, 2.24) is 0 Å². The molecule has 0 aliphatic heterocycles. The van der Waals surface area contributed by atoms with Gasteiger partial charge in [-0.15, -0.1) is 0 Å². The highest BCUT2D eigenvalue weighted by molar-refractivity contribution is 5.05. The first kappa shape index (κ1) is 11.8. The van der Waals surface area contributed by atoms with Crippen LogP contribution in [0.5, 0.6) is 0 Å². The molecule has 1 aliphatic rings. The molecule has 1 N–H and O–H groups in total. The van der Waals surface area contributed by atoms with Crippen molar-refractivity contribution in [1.29, 1.82) is 0 Å². The van der Waals surface area contributed by atoms with Crippen molar-refractivity contribution in [2.24, 2.45) is 11.3 Å². The second-order valence-corrected chi connectivity index (χ2v) is 5.27. The Morgan fingerprint density at radius 3 is 2.64 bits per heavy atom. The molecule has 0 saturated carbocycles. The minimum Gasteiger partial charge on any atom is -0.393 e. The topological polar surface area (TPSA) is 20.2 Å². The van der Waals surface area contributed by atoms with E-state index >= 15 is 0 Å². The van der Waals surface area contributed by atoms with Gasteiger partial charge in [-0.2, -0.15) is 0 Å². The highest BCUT2D eigenvalue weighted by Crippen LogP contribution is 2.40. The number of allylic oxidation sites excluding steroid dienone is 2. The molecule has 0 aromatic rings. The first-order chi connectivity index (χ1) is 6.48. The van der Waals surface area contributed by atoms with Gasteiger partial charge in [-0.1, -0.05) is 32.4 Å². The molecule has 0 bridgehead atoms. The Morgan fingerprint density at radius 1 is 1.57 bits per heavy atom. The summed E-state index contributed by atoms with van der Waals surface area (Å²) in [4.78, 5) is 0. The molecule has 2 unspecified atom stereocenters. The van der Waals surface area contributed by atoms with Crippen LogP contribution in [-0.4, -0.2) is 11.2 Å². The zero-order chi connectivity index (χ0) is 10.8. The van der Waals surface area contributed by atoms with Crippen molar-refractivity contribution >= 4 is 0 Å².